The number of cyclic esters (lactones) is 1. The summed E-state index contributed by atoms with van der Waals surface area (Å²) in [5, 5.41) is 0. The lowest BCUT2D eigenvalue weighted by Crippen LogP contribution is -2.43. The predicted molar refractivity (Wildman–Crippen MR) is 106 cm³/mol. The molecule has 1 aliphatic rings. The lowest BCUT2D eigenvalue weighted by molar-refractivity contribution is -0.175. The zero-order chi connectivity index (χ0) is 19.6. The molecule has 5 heteroatoms. The second-order valence-electron chi connectivity index (χ2n) is 6.94. The maximum absolute atomic E-state index is 12.0. The van der Waals surface area contributed by atoms with Crippen molar-refractivity contribution in [3.05, 3.63) is 71.8 Å². The van der Waals surface area contributed by atoms with Gasteiger partial charge in [0.2, 0.25) is 0 Å². The topological polar surface area (TPSA) is 54.0 Å². The summed E-state index contributed by atoms with van der Waals surface area (Å²) in [5.41, 5.74) is 2.16. The molecule has 2 aromatic carbocycles. The molecule has 0 saturated carbocycles. The minimum atomic E-state index is -0.407. The van der Waals surface area contributed by atoms with Crippen LogP contribution in [-0.2, 0) is 37.0 Å². The first-order valence-electron chi connectivity index (χ1n) is 9.80. The molecule has 5 nitrogen and oxygen atoms in total. The second-order valence-corrected chi connectivity index (χ2v) is 6.94. The van der Waals surface area contributed by atoms with Crippen LogP contribution in [0, 0.1) is 0 Å². The Balaban J connectivity index is 1.71. The molecule has 0 spiro atoms. The summed E-state index contributed by atoms with van der Waals surface area (Å²) < 4.78 is 23.6. The predicted octanol–water partition coefficient (Wildman–Crippen LogP) is 3.90. The minimum Gasteiger partial charge on any atom is -0.460 e. The first-order valence-corrected chi connectivity index (χ1v) is 9.80. The van der Waals surface area contributed by atoms with E-state index in [2.05, 4.69) is 0 Å². The van der Waals surface area contributed by atoms with Crippen LogP contribution in [0.2, 0.25) is 0 Å². The Kier molecular flexibility index (Phi) is 8.03. The first-order chi connectivity index (χ1) is 13.7. The Hall–Kier alpha value is -2.21. The molecule has 3 rings (SSSR count). The van der Waals surface area contributed by atoms with E-state index < -0.39 is 6.10 Å². The van der Waals surface area contributed by atoms with Crippen LogP contribution in [0.4, 0.5) is 0 Å². The fraction of sp³-hybridized carbons (Fsp3) is 0.435. The summed E-state index contributed by atoms with van der Waals surface area (Å²) in [7, 11) is 0. The summed E-state index contributed by atoms with van der Waals surface area (Å²) in [5.74, 6) is -0.274. The number of ether oxygens (including phenoxy) is 4. The van der Waals surface area contributed by atoms with Crippen molar-refractivity contribution in [1.29, 1.82) is 0 Å². The molecule has 0 radical (unpaired) electrons. The van der Waals surface area contributed by atoms with Crippen LogP contribution in [0.3, 0.4) is 0 Å². The summed E-state index contributed by atoms with van der Waals surface area (Å²) >= 11 is 0. The molecular weight excluding hydrogens is 356 g/mol. The van der Waals surface area contributed by atoms with E-state index in [0.29, 0.717) is 32.8 Å². The Labute approximate surface area is 166 Å². The van der Waals surface area contributed by atoms with E-state index in [1.807, 2.05) is 67.6 Å². The normalized spacial score (nSPS) is 23.8. The molecule has 1 aliphatic heterocycles. The molecule has 0 amide bonds. The lowest BCUT2D eigenvalue weighted by atomic mass is 10.0. The van der Waals surface area contributed by atoms with Crippen molar-refractivity contribution < 1.29 is 23.7 Å². The Bertz CT molecular complexity index is 703. The van der Waals surface area contributed by atoms with Gasteiger partial charge in [-0.05, 0) is 24.5 Å². The zero-order valence-corrected chi connectivity index (χ0v) is 16.3. The van der Waals surface area contributed by atoms with Gasteiger partial charge in [-0.15, -0.1) is 0 Å². The fourth-order valence-corrected chi connectivity index (χ4v) is 3.22. The molecule has 2 aromatic rings. The van der Waals surface area contributed by atoms with E-state index >= 15 is 0 Å². The molecule has 0 N–H and O–H groups in total. The Morgan fingerprint density at radius 1 is 0.893 bits per heavy atom. The average Bonchev–Trinajstić information content (AvgIpc) is 2.72. The van der Waals surface area contributed by atoms with Crippen LogP contribution >= 0.6 is 0 Å². The summed E-state index contributed by atoms with van der Waals surface area (Å²) in [6, 6.07) is 20.0. The van der Waals surface area contributed by atoms with E-state index in [1.54, 1.807) is 0 Å². The largest absolute Gasteiger partial charge is 0.460 e. The van der Waals surface area contributed by atoms with Gasteiger partial charge < -0.3 is 18.9 Å². The van der Waals surface area contributed by atoms with E-state index in [0.717, 1.165) is 11.1 Å². The van der Waals surface area contributed by atoms with Gasteiger partial charge >= 0.3 is 5.97 Å². The molecule has 1 heterocycles. The summed E-state index contributed by atoms with van der Waals surface area (Å²) in [6.07, 6.45) is -0.103. The Morgan fingerprint density at radius 3 is 2.14 bits per heavy atom. The van der Waals surface area contributed by atoms with Gasteiger partial charge in [0.15, 0.2) is 0 Å². The molecule has 0 aromatic heterocycles. The maximum atomic E-state index is 12.0. The van der Waals surface area contributed by atoms with Gasteiger partial charge in [0.05, 0.1) is 32.3 Å². The molecule has 1 saturated heterocycles. The fourth-order valence-electron chi connectivity index (χ4n) is 3.22. The summed E-state index contributed by atoms with van der Waals surface area (Å²) in [4.78, 5) is 12.0. The van der Waals surface area contributed by atoms with Gasteiger partial charge in [-0.2, -0.15) is 0 Å². The number of esters is 1. The first kappa shape index (κ1) is 20.5. The van der Waals surface area contributed by atoms with Gasteiger partial charge in [-0.1, -0.05) is 60.7 Å². The van der Waals surface area contributed by atoms with Crippen molar-refractivity contribution in [3.8, 4) is 0 Å². The van der Waals surface area contributed by atoms with Crippen LogP contribution in [0.1, 0.15) is 30.9 Å². The number of benzene rings is 2. The van der Waals surface area contributed by atoms with Crippen LogP contribution in [0.5, 0.6) is 0 Å². The zero-order valence-electron chi connectivity index (χ0n) is 16.3. The van der Waals surface area contributed by atoms with E-state index in [9.17, 15) is 4.79 Å². The molecule has 28 heavy (non-hydrogen) atoms. The number of hydrogen-bond acceptors (Lipinski definition) is 5. The van der Waals surface area contributed by atoms with E-state index in [4.69, 9.17) is 18.9 Å². The van der Waals surface area contributed by atoms with Crippen LogP contribution in [-0.4, -0.2) is 37.5 Å². The highest BCUT2D eigenvalue weighted by molar-refractivity contribution is 5.69. The van der Waals surface area contributed by atoms with Crippen molar-refractivity contribution in [2.75, 3.05) is 13.2 Å². The number of rotatable bonds is 6. The number of carbonyl (C=O) groups excluding carboxylic acids is 1. The van der Waals surface area contributed by atoms with Gasteiger partial charge in [-0.25, -0.2) is 0 Å². The van der Waals surface area contributed by atoms with Crippen molar-refractivity contribution in [2.45, 2.75) is 51.3 Å². The Morgan fingerprint density at radius 2 is 1.50 bits per heavy atom. The third kappa shape index (κ3) is 6.44. The van der Waals surface area contributed by atoms with Crippen molar-refractivity contribution in [3.63, 3.8) is 0 Å². The van der Waals surface area contributed by atoms with Gasteiger partial charge in [0.25, 0.3) is 0 Å². The van der Waals surface area contributed by atoms with Crippen molar-refractivity contribution in [2.24, 2.45) is 0 Å². The SMILES string of the molecule is CC1OC(=O)CCOCCC(OCc2ccccc2)[C@H]1OCc1ccccc1. The van der Waals surface area contributed by atoms with Gasteiger partial charge in [0.1, 0.15) is 12.2 Å². The second kappa shape index (κ2) is 11.0. The van der Waals surface area contributed by atoms with Gasteiger partial charge in [0, 0.05) is 6.61 Å². The molecule has 3 atom stereocenters. The number of hydrogen-bond donors (Lipinski definition) is 0. The highest BCUT2D eigenvalue weighted by Crippen LogP contribution is 2.20. The molecule has 0 bridgehead atoms. The lowest BCUT2D eigenvalue weighted by Gasteiger charge is -2.32. The van der Waals surface area contributed by atoms with Crippen LogP contribution in [0.25, 0.3) is 0 Å². The maximum Gasteiger partial charge on any atom is 0.308 e. The quantitative estimate of drug-likeness (QED) is 0.707. The van der Waals surface area contributed by atoms with Crippen molar-refractivity contribution >= 4 is 5.97 Å². The molecule has 0 aliphatic carbocycles. The van der Waals surface area contributed by atoms with Crippen molar-refractivity contribution in [1.82, 2.24) is 0 Å². The molecule has 2 unspecified atom stereocenters. The molecule has 150 valence electrons. The number of carbonyl (C=O) groups is 1. The summed E-state index contributed by atoms with van der Waals surface area (Å²) in [6.45, 7) is 3.66. The standard InChI is InChI=1S/C23H28O5/c1-18-23(27-17-20-10-6-3-7-11-20)21(12-14-25-15-13-22(24)28-18)26-16-19-8-4-2-5-9-19/h2-11,18,21,23H,12-17H2,1H3/t18?,21?,23-/m0/s1. The monoisotopic (exact) mass is 384 g/mol. The van der Waals surface area contributed by atoms with E-state index in [-0.39, 0.29) is 24.6 Å². The third-order valence-electron chi connectivity index (χ3n) is 4.74. The third-order valence-corrected chi connectivity index (χ3v) is 4.74. The highest BCUT2D eigenvalue weighted by Gasteiger charge is 2.32. The van der Waals surface area contributed by atoms with Crippen LogP contribution < -0.4 is 0 Å². The van der Waals surface area contributed by atoms with E-state index in [1.165, 1.54) is 0 Å². The highest BCUT2D eigenvalue weighted by atomic mass is 16.6. The minimum absolute atomic E-state index is 0.246. The average molecular weight is 384 g/mol. The molecule has 1 fully saturated rings. The van der Waals surface area contributed by atoms with Crippen LogP contribution in [0.15, 0.2) is 60.7 Å². The van der Waals surface area contributed by atoms with Gasteiger partial charge in [-0.3, -0.25) is 4.79 Å². The smallest absolute Gasteiger partial charge is 0.308 e. The molecular formula is C23H28O5.